The number of hydrogen-bond acceptors (Lipinski definition) is 7. The Kier molecular flexibility index (Phi) is 18.8. The van der Waals surface area contributed by atoms with Gasteiger partial charge in [-0.2, -0.15) is 0 Å². The molecule has 346 valence electrons. The highest BCUT2D eigenvalue weighted by atomic mass is 28.4. The molecule has 0 radical (unpaired) electrons. The maximum absolute atomic E-state index is 14.7. The van der Waals surface area contributed by atoms with E-state index in [-0.39, 0.29) is 55.0 Å². The number of ether oxygens (including phenoxy) is 3. The number of allylic oxidation sites excluding steroid dienone is 1. The first-order chi connectivity index (χ1) is 28.9. The summed E-state index contributed by atoms with van der Waals surface area (Å²) in [5, 5.41) is 0.123. The molecule has 0 aromatic heterocycles. The van der Waals surface area contributed by atoms with Gasteiger partial charge >= 0.3 is 11.9 Å². The van der Waals surface area contributed by atoms with Crippen LogP contribution < -0.4 is 0 Å². The Bertz CT molecular complexity index is 1990. The van der Waals surface area contributed by atoms with Crippen LogP contribution in [0.1, 0.15) is 101 Å². The van der Waals surface area contributed by atoms with Crippen LogP contribution in [0.2, 0.25) is 36.3 Å². The first kappa shape index (κ1) is 53.3. The second-order valence-electron chi connectivity index (χ2n) is 19.7. The van der Waals surface area contributed by atoms with Gasteiger partial charge in [-0.15, -0.1) is 0 Å². The average Bonchev–Trinajstić information content (AvgIpc) is 3.90. The Hall–Kier alpha value is -4.01. The van der Waals surface area contributed by atoms with Crippen molar-refractivity contribution >= 4 is 28.6 Å². The number of halogens is 2. The van der Waals surface area contributed by atoms with Gasteiger partial charge < -0.3 is 23.1 Å². The van der Waals surface area contributed by atoms with Crippen molar-refractivity contribution in [2.45, 2.75) is 154 Å². The van der Waals surface area contributed by atoms with Crippen LogP contribution in [0.4, 0.5) is 8.78 Å². The van der Waals surface area contributed by atoms with E-state index in [4.69, 9.17) is 23.1 Å². The predicted octanol–water partition coefficient (Wildman–Crippen LogP) is 13.5. The molecule has 11 heteroatoms. The monoisotopic (exact) mass is 904 g/mol. The third-order valence-electron chi connectivity index (χ3n) is 12.9. The maximum atomic E-state index is 14.7. The van der Waals surface area contributed by atoms with Crippen molar-refractivity contribution in [1.29, 1.82) is 0 Å². The van der Waals surface area contributed by atoms with Crippen molar-refractivity contribution < 1.29 is 41.4 Å². The Morgan fingerprint density at radius 3 is 1.63 bits per heavy atom. The van der Waals surface area contributed by atoms with Gasteiger partial charge in [0, 0.05) is 19.3 Å². The van der Waals surface area contributed by atoms with E-state index in [9.17, 15) is 18.4 Å². The van der Waals surface area contributed by atoms with E-state index in [1.165, 1.54) is 5.56 Å². The van der Waals surface area contributed by atoms with Crippen LogP contribution in [-0.2, 0) is 23.1 Å². The van der Waals surface area contributed by atoms with Crippen LogP contribution in [0.25, 0.3) is 0 Å². The van der Waals surface area contributed by atoms with Crippen molar-refractivity contribution in [1.82, 2.24) is 0 Å². The van der Waals surface area contributed by atoms with E-state index < -0.39 is 40.5 Å². The average molecular weight is 905 g/mol. The summed E-state index contributed by atoms with van der Waals surface area (Å²) >= 11 is 0. The lowest BCUT2D eigenvalue weighted by atomic mass is 9.80. The number of carbonyl (C=O) groups excluding carboxylic acids is 2. The van der Waals surface area contributed by atoms with Crippen LogP contribution in [0, 0.1) is 6.92 Å². The van der Waals surface area contributed by atoms with Crippen LogP contribution in [0.15, 0.2) is 127 Å². The zero-order valence-electron chi connectivity index (χ0n) is 38.9. The van der Waals surface area contributed by atoms with Crippen molar-refractivity contribution in [3.8, 4) is 0 Å². The number of esters is 2. The lowest BCUT2D eigenvalue weighted by molar-refractivity contribution is 0.0475. The van der Waals surface area contributed by atoms with E-state index in [1.807, 2.05) is 30.3 Å². The highest BCUT2D eigenvalue weighted by molar-refractivity contribution is 6.74. The Labute approximate surface area is 379 Å². The molecule has 6 atom stereocenters. The smallest absolute Gasteiger partial charge is 0.338 e. The van der Waals surface area contributed by atoms with Gasteiger partial charge in [-0.25, -0.2) is 18.4 Å². The van der Waals surface area contributed by atoms with Gasteiger partial charge in [0.05, 0.1) is 23.3 Å². The van der Waals surface area contributed by atoms with Crippen molar-refractivity contribution in [3.63, 3.8) is 0 Å². The van der Waals surface area contributed by atoms with Crippen molar-refractivity contribution in [2.24, 2.45) is 0 Å². The molecule has 3 aromatic rings. The quantitative estimate of drug-likeness (QED) is 0.0867. The molecule has 7 nitrogen and oxygen atoms in total. The number of hydrogen-bond donors (Lipinski definition) is 0. The highest BCUT2D eigenvalue weighted by Gasteiger charge is 2.64. The molecule has 3 fully saturated rings. The first-order valence-electron chi connectivity index (χ1n) is 21.7. The molecular weight excluding hydrogens is 831 g/mol. The molecule has 4 unspecified atom stereocenters. The molecule has 0 amide bonds. The van der Waals surface area contributed by atoms with Gasteiger partial charge in [-0.05, 0) is 96.7 Å². The lowest BCUT2D eigenvalue weighted by Gasteiger charge is -2.42. The normalized spacial score (nSPS) is 24.2. The Morgan fingerprint density at radius 1 is 0.730 bits per heavy atom. The number of epoxide rings is 1. The third kappa shape index (κ3) is 14.8. The molecule has 1 heterocycles. The van der Waals surface area contributed by atoms with Gasteiger partial charge in [0.15, 0.2) is 16.6 Å². The van der Waals surface area contributed by atoms with E-state index in [2.05, 4.69) is 99.9 Å². The molecule has 3 aliphatic rings. The molecule has 1 saturated heterocycles. The number of benzene rings is 3. The van der Waals surface area contributed by atoms with E-state index in [0.29, 0.717) is 48.0 Å². The number of carbonyl (C=O) groups is 2. The zero-order valence-corrected chi connectivity index (χ0v) is 40.9. The molecule has 6 rings (SSSR count). The van der Waals surface area contributed by atoms with Crippen LogP contribution in [-0.4, -0.2) is 78.0 Å². The fraction of sp³-hybridized carbons (Fsp3) is 0.500. The van der Waals surface area contributed by atoms with Gasteiger partial charge in [0.1, 0.15) is 37.3 Å². The molecule has 63 heavy (non-hydrogen) atoms. The molecule has 2 aliphatic carbocycles. The van der Waals surface area contributed by atoms with Gasteiger partial charge in [0.25, 0.3) is 0 Å². The van der Waals surface area contributed by atoms with Crippen molar-refractivity contribution in [3.05, 3.63) is 144 Å². The fourth-order valence-electron chi connectivity index (χ4n) is 6.87. The summed E-state index contributed by atoms with van der Waals surface area (Å²) in [5.41, 5.74) is 3.25. The van der Waals surface area contributed by atoms with Gasteiger partial charge in [-0.1, -0.05) is 134 Å². The summed E-state index contributed by atoms with van der Waals surface area (Å²) in [6.07, 6.45) is 0.551. The maximum Gasteiger partial charge on any atom is 0.338 e. The number of aryl methyl sites for hydroxylation is 1. The summed E-state index contributed by atoms with van der Waals surface area (Å²) in [7, 11) is -3.99. The van der Waals surface area contributed by atoms with E-state index in [0.717, 1.165) is 5.57 Å². The topological polar surface area (TPSA) is 83.6 Å². The van der Waals surface area contributed by atoms with E-state index >= 15 is 0 Å². The molecule has 0 N–H and O–H groups in total. The van der Waals surface area contributed by atoms with Crippen LogP contribution in [0.3, 0.4) is 0 Å². The zero-order chi connectivity index (χ0) is 46.1. The first-order valence-corrected chi connectivity index (χ1v) is 27.5. The third-order valence-corrected chi connectivity index (χ3v) is 21.9. The number of alkyl halides is 2. The molecular formula is C52H74F2O7Si2. The predicted molar refractivity (Wildman–Crippen MR) is 258 cm³/mol. The summed E-state index contributed by atoms with van der Waals surface area (Å²) < 4.78 is 58.6. The van der Waals surface area contributed by atoms with Crippen LogP contribution >= 0.6 is 0 Å². The largest absolute Gasteiger partial charge is 0.459 e. The minimum atomic E-state index is -2.02. The fourth-order valence-corrected chi connectivity index (χ4v) is 9.61. The molecule has 1 spiro atoms. The molecule has 3 aromatic carbocycles. The standard InChI is InChI=1S/C22H31FO4Si.C22H31FO3Si.C7H8.CH4/c1-15-18(23)12-17(27-28(5,6)21(2,3)4)13-22(15)19(26-22)14-25-20(24)16-10-8-7-9-11-16;1-16-18(12-13-25-21(24)17-10-8-7-9-11-17)14-19(15-20(16)23)26-27(5,6)22(2,3)4;1-7-5-3-2-4-6-7;/h7-11,17-19H,1,12-14H2,2-6H3;7-12,19-20H,1,13-15H2,2-6H3;2-6H,1H3;1H4/b;18-12-;;/t17?,18-,19?,22?;19?,20-;;/m00../s1. The summed E-state index contributed by atoms with van der Waals surface area (Å²) in [6.45, 7) is 31.8. The molecule has 1 aliphatic heterocycles. The highest BCUT2D eigenvalue weighted by Crippen LogP contribution is 2.53. The van der Waals surface area contributed by atoms with E-state index in [1.54, 1.807) is 54.6 Å². The minimum absolute atomic E-state index is 0. The molecule has 0 bridgehead atoms. The second-order valence-corrected chi connectivity index (χ2v) is 29.2. The lowest BCUT2D eigenvalue weighted by Crippen LogP contribution is -2.48. The summed E-state index contributed by atoms with van der Waals surface area (Å²) in [4.78, 5) is 24.2. The summed E-state index contributed by atoms with van der Waals surface area (Å²) in [6, 6.07) is 27.9. The number of rotatable bonds is 10. The SMILES string of the molecule is C.C=C1/C(=C\COC(=O)c2ccccc2)CC(O[Si](C)(C)C(C)(C)C)C[C@@H]1F.C=C1[C@@H](F)CC(O[Si](C)(C)C(C)(C)C)CC12OC2COC(=O)c1ccccc1.Cc1ccccc1. The Balaban J connectivity index is 0.000000286. The second kappa shape index (κ2) is 22.3. The minimum Gasteiger partial charge on any atom is -0.459 e. The van der Waals surface area contributed by atoms with Crippen LogP contribution in [0.5, 0.6) is 0 Å². The van der Waals surface area contributed by atoms with Gasteiger partial charge in [-0.3, -0.25) is 0 Å². The van der Waals surface area contributed by atoms with Crippen molar-refractivity contribution in [2.75, 3.05) is 13.2 Å². The Morgan fingerprint density at radius 2 is 1.17 bits per heavy atom. The summed E-state index contributed by atoms with van der Waals surface area (Å²) in [5.74, 6) is -0.793. The molecule has 2 saturated carbocycles. The van der Waals surface area contributed by atoms with Gasteiger partial charge in [0.2, 0.25) is 0 Å².